The number of ether oxygens (including phenoxy) is 3. The summed E-state index contributed by atoms with van der Waals surface area (Å²) in [6, 6.07) is 10.8. The summed E-state index contributed by atoms with van der Waals surface area (Å²) in [6.07, 6.45) is 4.89. The van der Waals surface area contributed by atoms with Crippen molar-refractivity contribution in [3.05, 3.63) is 48.2 Å². The van der Waals surface area contributed by atoms with Crippen molar-refractivity contribution in [3.63, 3.8) is 0 Å². The van der Waals surface area contributed by atoms with Crippen molar-refractivity contribution in [1.29, 1.82) is 0 Å². The largest absolute Gasteiger partial charge is 0.489 e. The van der Waals surface area contributed by atoms with Gasteiger partial charge in [-0.1, -0.05) is 12.1 Å². The molecule has 1 N–H and O–H groups in total. The molecule has 1 aliphatic heterocycles. The van der Waals surface area contributed by atoms with Crippen LogP contribution in [0, 0.1) is 0 Å². The predicted molar refractivity (Wildman–Crippen MR) is 98.9 cm³/mol. The number of anilines is 1. The van der Waals surface area contributed by atoms with Gasteiger partial charge in [-0.15, -0.1) is 0 Å². The fourth-order valence-electron chi connectivity index (χ4n) is 2.76. The van der Waals surface area contributed by atoms with Crippen LogP contribution in [0.3, 0.4) is 0 Å². The lowest BCUT2D eigenvalue weighted by Gasteiger charge is -2.23. The fourth-order valence-corrected chi connectivity index (χ4v) is 2.76. The van der Waals surface area contributed by atoms with E-state index in [9.17, 15) is 4.79 Å². The molecular weight excluding hydrogens is 332 g/mol. The fraction of sp³-hybridized carbons (Fsp3) is 0.400. The van der Waals surface area contributed by atoms with Gasteiger partial charge in [0.2, 0.25) is 5.88 Å². The van der Waals surface area contributed by atoms with Crippen LogP contribution in [0.2, 0.25) is 0 Å². The van der Waals surface area contributed by atoms with Crippen molar-refractivity contribution in [2.45, 2.75) is 32.3 Å². The molecule has 0 radical (unpaired) electrons. The van der Waals surface area contributed by atoms with Crippen molar-refractivity contribution in [2.24, 2.45) is 0 Å². The monoisotopic (exact) mass is 356 g/mol. The summed E-state index contributed by atoms with van der Waals surface area (Å²) in [5.41, 5.74) is 1.08. The number of para-hydroxylation sites is 2. The average molecular weight is 356 g/mol. The normalized spacial score (nSPS) is 16.7. The number of amides is 1. The van der Waals surface area contributed by atoms with E-state index in [1.807, 2.05) is 31.2 Å². The van der Waals surface area contributed by atoms with Crippen molar-refractivity contribution >= 4 is 11.6 Å². The molecule has 138 valence electrons. The van der Waals surface area contributed by atoms with Crippen LogP contribution in [-0.2, 0) is 4.74 Å². The van der Waals surface area contributed by atoms with Crippen LogP contribution in [0.25, 0.3) is 0 Å². The van der Waals surface area contributed by atoms with Crippen LogP contribution in [0.4, 0.5) is 5.69 Å². The van der Waals surface area contributed by atoms with Crippen LogP contribution < -0.4 is 14.8 Å². The quantitative estimate of drug-likeness (QED) is 0.819. The number of hydrogen-bond donors (Lipinski definition) is 1. The summed E-state index contributed by atoms with van der Waals surface area (Å²) in [4.78, 5) is 16.6. The first-order chi connectivity index (χ1) is 12.8. The Hall–Kier alpha value is -2.60. The molecule has 1 amide bonds. The highest BCUT2D eigenvalue weighted by molar-refractivity contribution is 6.04. The number of rotatable bonds is 7. The van der Waals surface area contributed by atoms with Crippen LogP contribution in [-0.4, -0.2) is 36.8 Å². The predicted octanol–water partition coefficient (Wildman–Crippen LogP) is 3.68. The van der Waals surface area contributed by atoms with E-state index in [1.165, 1.54) is 6.20 Å². The third-order valence-corrected chi connectivity index (χ3v) is 4.12. The van der Waals surface area contributed by atoms with Gasteiger partial charge in [0, 0.05) is 18.9 Å². The average Bonchev–Trinajstić information content (AvgIpc) is 2.69. The minimum Gasteiger partial charge on any atom is -0.489 e. The van der Waals surface area contributed by atoms with Gasteiger partial charge in [0.25, 0.3) is 5.91 Å². The molecule has 0 spiro atoms. The molecule has 0 saturated carbocycles. The van der Waals surface area contributed by atoms with E-state index in [1.54, 1.807) is 12.1 Å². The molecule has 2 aromatic rings. The van der Waals surface area contributed by atoms with Gasteiger partial charge in [0.05, 0.1) is 24.0 Å². The van der Waals surface area contributed by atoms with Crippen molar-refractivity contribution in [2.75, 3.05) is 25.1 Å². The second-order valence-corrected chi connectivity index (χ2v) is 6.07. The number of carbonyl (C=O) groups excluding carboxylic acids is 1. The van der Waals surface area contributed by atoms with Gasteiger partial charge in [0.1, 0.15) is 12.4 Å². The Morgan fingerprint density at radius 2 is 2.12 bits per heavy atom. The van der Waals surface area contributed by atoms with E-state index in [0.29, 0.717) is 36.1 Å². The first-order valence-corrected chi connectivity index (χ1v) is 9.00. The number of nitrogens with one attached hydrogen (secondary N) is 1. The number of hydrogen-bond acceptors (Lipinski definition) is 5. The van der Waals surface area contributed by atoms with Crippen LogP contribution >= 0.6 is 0 Å². The van der Waals surface area contributed by atoms with E-state index < -0.39 is 0 Å². The molecule has 2 heterocycles. The topological polar surface area (TPSA) is 69.7 Å². The zero-order valence-electron chi connectivity index (χ0n) is 14.9. The second kappa shape index (κ2) is 9.20. The number of aromatic nitrogens is 1. The molecule has 26 heavy (non-hydrogen) atoms. The Labute approximate surface area is 153 Å². The zero-order valence-corrected chi connectivity index (χ0v) is 14.9. The lowest BCUT2D eigenvalue weighted by molar-refractivity contribution is -0.0109. The van der Waals surface area contributed by atoms with Crippen LogP contribution in [0.1, 0.15) is 36.5 Å². The van der Waals surface area contributed by atoms with Crippen LogP contribution in [0.5, 0.6) is 11.6 Å². The number of carbonyl (C=O) groups is 1. The molecule has 1 saturated heterocycles. The molecule has 1 aliphatic rings. The molecule has 3 rings (SSSR count). The van der Waals surface area contributed by atoms with Gasteiger partial charge in [-0.2, -0.15) is 0 Å². The summed E-state index contributed by atoms with van der Waals surface area (Å²) in [6.45, 7) is 3.69. The number of nitrogens with zero attached hydrogens (tertiary/aromatic N) is 1. The molecule has 1 atom stereocenters. The number of benzene rings is 1. The van der Waals surface area contributed by atoms with Gasteiger partial charge < -0.3 is 19.5 Å². The maximum atomic E-state index is 12.5. The lowest BCUT2D eigenvalue weighted by Crippen LogP contribution is -2.26. The summed E-state index contributed by atoms with van der Waals surface area (Å²) in [7, 11) is 0. The Balaban J connectivity index is 1.62. The van der Waals surface area contributed by atoms with E-state index in [4.69, 9.17) is 14.2 Å². The van der Waals surface area contributed by atoms with Crippen molar-refractivity contribution in [1.82, 2.24) is 4.98 Å². The minimum absolute atomic E-state index is 0.114. The van der Waals surface area contributed by atoms with Gasteiger partial charge >= 0.3 is 0 Å². The molecular formula is C20H24N2O4. The highest BCUT2D eigenvalue weighted by Crippen LogP contribution is 2.25. The maximum Gasteiger partial charge on any atom is 0.257 e. The first-order valence-electron chi connectivity index (χ1n) is 9.00. The standard InChI is InChI=1S/C20H24N2O4/c1-2-24-19-11-10-15(13-21-19)20(23)22-17-8-3-4-9-18(17)26-14-16-7-5-6-12-25-16/h3-4,8-11,13,16H,2,5-7,12,14H2,1H3,(H,22,23). The highest BCUT2D eigenvalue weighted by atomic mass is 16.5. The van der Waals surface area contributed by atoms with E-state index in [-0.39, 0.29) is 12.0 Å². The lowest BCUT2D eigenvalue weighted by atomic mass is 10.1. The van der Waals surface area contributed by atoms with Gasteiger partial charge in [-0.25, -0.2) is 4.98 Å². The van der Waals surface area contributed by atoms with Crippen molar-refractivity contribution < 1.29 is 19.0 Å². The Kier molecular flexibility index (Phi) is 6.44. The maximum absolute atomic E-state index is 12.5. The van der Waals surface area contributed by atoms with Gasteiger partial charge in [-0.3, -0.25) is 4.79 Å². The summed E-state index contributed by atoms with van der Waals surface area (Å²) >= 11 is 0. The van der Waals surface area contributed by atoms with E-state index in [0.717, 1.165) is 25.9 Å². The molecule has 1 aromatic heterocycles. The SMILES string of the molecule is CCOc1ccc(C(=O)Nc2ccccc2OCC2CCCCO2)cn1. The molecule has 1 fully saturated rings. The molecule has 0 aliphatic carbocycles. The third kappa shape index (κ3) is 4.95. The molecule has 6 nitrogen and oxygen atoms in total. The second-order valence-electron chi connectivity index (χ2n) is 6.07. The molecule has 1 aromatic carbocycles. The Bertz CT molecular complexity index is 712. The number of pyridine rings is 1. The Morgan fingerprint density at radius 1 is 1.23 bits per heavy atom. The molecule has 0 bridgehead atoms. The highest BCUT2D eigenvalue weighted by Gasteiger charge is 2.16. The van der Waals surface area contributed by atoms with Crippen molar-refractivity contribution in [3.8, 4) is 11.6 Å². The molecule has 6 heteroatoms. The molecule has 1 unspecified atom stereocenters. The van der Waals surface area contributed by atoms with E-state index in [2.05, 4.69) is 10.3 Å². The third-order valence-electron chi connectivity index (χ3n) is 4.12. The Morgan fingerprint density at radius 3 is 2.85 bits per heavy atom. The summed E-state index contributed by atoms with van der Waals surface area (Å²) in [5, 5.41) is 2.88. The zero-order chi connectivity index (χ0) is 18.2. The summed E-state index contributed by atoms with van der Waals surface area (Å²) in [5.74, 6) is 0.889. The smallest absolute Gasteiger partial charge is 0.257 e. The van der Waals surface area contributed by atoms with Crippen LogP contribution in [0.15, 0.2) is 42.6 Å². The summed E-state index contributed by atoms with van der Waals surface area (Å²) < 4.78 is 16.9. The van der Waals surface area contributed by atoms with E-state index >= 15 is 0 Å². The minimum atomic E-state index is -0.245. The van der Waals surface area contributed by atoms with Gasteiger partial charge in [-0.05, 0) is 44.4 Å². The first kappa shape index (κ1) is 18.2. The van der Waals surface area contributed by atoms with Gasteiger partial charge in [0.15, 0.2) is 0 Å².